The zero-order valence-corrected chi connectivity index (χ0v) is 22.1. The monoisotopic (exact) mass is 494 g/mol. The summed E-state index contributed by atoms with van der Waals surface area (Å²) in [5, 5.41) is 18.9. The van der Waals surface area contributed by atoms with E-state index >= 15 is 0 Å². The van der Waals surface area contributed by atoms with E-state index in [1.807, 2.05) is 0 Å². The number of nitro groups is 1. The van der Waals surface area contributed by atoms with Gasteiger partial charge in [0.05, 0.1) is 20.4 Å². The van der Waals surface area contributed by atoms with Gasteiger partial charge in [0.2, 0.25) is 0 Å². The van der Waals surface area contributed by atoms with Crippen molar-refractivity contribution < 1.29 is 90.0 Å². The fourth-order valence-electron chi connectivity index (χ4n) is 2.93. The fourth-order valence-corrected chi connectivity index (χ4v) is 4.25. The van der Waals surface area contributed by atoms with Crippen molar-refractivity contribution in [2.45, 2.75) is 9.79 Å². The molecule has 0 fully saturated rings. The van der Waals surface area contributed by atoms with Gasteiger partial charge in [-0.1, -0.05) is 6.07 Å². The Morgan fingerprint density at radius 1 is 0.812 bits per heavy atom. The van der Waals surface area contributed by atoms with Crippen molar-refractivity contribution in [2.24, 2.45) is 0 Å². The van der Waals surface area contributed by atoms with Crippen molar-refractivity contribution in [1.29, 1.82) is 0 Å². The van der Waals surface area contributed by atoms with Crippen LogP contribution in [0.25, 0.3) is 27.5 Å². The molecule has 0 saturated heterocycles. The first kappa shape index (κ1) is 26.8. The van der Waals surface area contributed by atoms with Gasteiger partial charge in [-0.15, -0.1) is 10.2 Å². The molecule has 4 rings (SSSR count). The van der Waals surface area contributed by atoms with E-state index in [9.17, 15) is 36.1 Å². The minimum atomic E-state index is -5.11. The molecular weight excluding hydrogens is 486 g/mol. The van der Waals surface area contributed by atoms with Gasteiger partial charge in [0.1, 0.15) is 31.3 Å². The summed E-state index contributed by atoms with van der Waals surface area (Å²) in [6.45, 7) is 0. The van der Waals surface area contributed by atoms with Crippen LogP contribution in [0.15, 0.2) is 58.3 Å². The smallest absolute Gasteiger partial charge is 0.744 e. The van der Waals surface area contributed by atoms with Crippen LogP contribution in [0.3, 0.4) is 0 Å². The molecule has 16 heteroatoms. The Bertz CT molecular complexity index is 1570. The first-order valence-corrected chi connectivity index (χ1v) is 10.8. The molecule has 0 aliphatic carbocycles. The molecule has 0 atom stereocenters. The second kappa shape index (κ2) is 9.42. The Morgan fingerprint density at radius 3 is 1.97 bits per heavy atom. The maximum atomic E-state index is 11.6. The van der Waals surface area contributed by atoms with Crippen molar-refractivity contribution in [1.82, 2.24) is 15.0 Å². The van der Waals surface area contributed by atoms with E-state index in [4.69, 9.17) is 0 Å². The van der Waals surface area contributed by atoms with Crippen LogP contribution < -0.4 is 59.1 Å². The van der Waals surface area contributed by atoms with E-state index in [0.717, 1.165) is 10.9 Å². The number of rotatable bonds is 4. The Kier molecular flexibility index (Phi) is 7.89. The zero-order chi connectivity index (χ0) is 21.8. The minimum Gasteiger partial charge on any atom is -0.744 e. The molecule has 0 saturated carbocycles. The molecule has 0 N–H and O–H groups in total. The third-order valence-electron chi connectivity index (χ3n) is 4.27. The van der Waals surface area contributed by atoms with Gasteiger partial charge in [-0.25, -0.2) is 16.8 Å². The normalized spacial score (nSPS) is 11.7. The van der Waals surface area contributed by atoms with Crippen molar-refractivity contribution in [3.8, 4) is 5.69 Å². The van der Waals surface area contributed by atoms with Gasteiger partial charge >= 0.3 is 59.1 Å². The fraction of sp³-hybridized carbons (Fsp3) is 0. The first-order valence-electron chi connectivity index (χ1n) is 7.95. The van der Waals surface area contributed by atoms with Crippen molar-refractivity contribution in [3.05, 3.63) is 58.6 Å². The van der Waals surface area contributed by atoms with Crippen LogP contribution in [0, 0.1) is 10.1 Å². The van der Waals surface area contributed by atoms with Gasteiger partial charge in [0.25, 0.3) is 5.69 Å². The van der Waals surface area contributed by atoms with Gasteiger partial charge in [-0.05, 0) is 30.3 Å². The Balaban J connectivity index is 0.00000181. The number of hydrogen-bond acceptors (Lipinski definition) is 10. The quantitative estimate of drug-likeness (QED) is 0.115. The number of aromatic nitrogens is 3. The summed E-state index contributed by atoms with van der Waals surface area (Å²) >= 11 is 0. The van der Waals surface area contributed by atoms with Crippen LogP contribution in [-0.2, 0) is 20.2 Å². The molecule has 0 aliphatic rings. The summed E-state index contributed by atoms with van der Waals surface area (Å²) in [6, 6.07) is 9.26. The van der Waals surface area contributed by atoms with Gasteiger partial charge < -0.3 is 9.11 Å². The third-order valence-corrected chi connectivity index (χ3v) is 5.96. The number of nitro benzene ring substituents is 1. The zero-order valence-electron chi connectivity index (χ0n) is 16.5. The topological polar surface area (TPSA) is 188 Å². The maximum Gasteiger partial charge on any atom is 1.00 e. The summed E-state index contributed by atoms with van der Waals surface area (Å²) in [6.07, 6.45) is 0. The first-order chi connectivity index (χ1) is 13.9. The Labute approximate surface area is 224 Å². The van der Waals surface area contributed by atoms with Crippen molar-refractivity contribution in [2.75, 3.05) is 0 Å². The van der Waals surface area contributed by atoms with Crippen LogP contribution in [0.4, 0.5) is 5.69 Å². The van der Waals surface area contributed by atoms with E-state index < -0.39 is 35.0 Å². The average Bonchev–Trinajstić information content (AvgIpc) is 3.10. The average molecular weight is 494 g/mol. The van der Waals surface area contributed by atoms with Crippen LogP contribution >= 0.6 is 0 Å². The number of hydrogen-bond donors (Lipinski definition) is 0. The third kappa shape index (κ3) is 5.04. The summed E-state index contributed by atoms with van der Waals surface area (Å²) in [7, 11) is -10.2. The Morgan fingerprint density at radius 2 is 1.44 bits per heavy atom. The van der Waals surface area contributed by atoms with Gasteiger partial charge in [0, 0.05) is 22.9 Å². The summed E-state index contributed by atoms with van der Waals surface area (Å²) in [5.74, 6) is 0. The molecule has 4 aromatic rings. The van der Waals surface area contributed by atoms with E-state index in [0.29, 0.717) is 11.8 Å². The Hall–Kier alpha value is -1.46. The number of nitrogens with zero attached hydrogens (tertiary/aromatic N) is 4. The van der Waals surface area contributed by atoms with Crippen LogP contribution in [-0.4, -0.2) is 45.9 Å². The van der Waals surface area contributed by atoms with Crippen molar-refractivity contribution >= 4 is 47.7 Å². The van der Waals surface area contributed by atoms with Gasteiger partial charge in [-0.2, -0.15) is 4.80 Å². The van der Waals surface area contributed by atoms with E-state index in [1.54, 1.807) is 0 Å². The molecule has 32 heavy (non-hydrogen) atoms. The van der Waals surface area contributed by atoms with Crippen LogP contribution in [0.2, 0.25) is 0 Å². The van der Waals surface area contributed by atoms with E-state index in [-0.39, 0.29) is 86.6 Å². The number of benzene rings is 3. The predicted octanol–water partition coefficient (Wildman–Crippen LogP) is -4.70. The van der Waals surface area contributed by atoms with E-state index in [1.165, 1.54) is 36.4 Å². The van der Waals surface area contributed by atoms with Gasteiger partial charge in [-0.3, -0.25) is 10.1 Å². The van der Waals surface area contributed by atoms with Gasteiger partial charge in [0.15, 0.2) is 0 Å². The van der Waals surface area contributed by atoms with Crippen molar-refractivity contribution in [3.63, 3.8) is 0 Å². The van der Waals surface area contributed by atoms with Crippen LogP contribution in [0.5, 0.6) is 0 Å². The standard InChI is InChI=1S/C16H10N4O8S2.2Na/c21-20(22)10-3-1-9(2-4-10)19-17-14-6-5-12-13(16(14)18-19)7-11(29(23,24)25)8-15(12)30(26,27)28;;/h1-8H,(H,23,24,25)(H,26,27,28);;/q;2*+1/p-2. The minimum absolute atomic E-state index is 0. The molecule has 3 aromatic carbocycles. The number of non-ortho nitro benzene ring substituents is 1. The number of fused-ring (bicyclic) bond motifs is 3. The van der Waals surface area contributed by atoms with E-state index in [2.05, 4.69) is 10.2 Å². The molecule has 12 nitrogen and oxygen atoms in total. The molecule has 1 heterocycles. The molecule has 0 unspecified atom stereocenters. The molecule has 0 spiro atoms. The molecule has 154 valence electrons. The summed E-state index contributed by atoms with van der Waals surface area (Å²) in [4.78, 5) is 9.52. The largest absolute Gasteiger partial charge is 1.00 e. The second-order valence-electron chi connectivity index (χ2n) is 6.12. The molecular formula is C16H8N4Na2O8S2. The molecule has 0 radical (unpaired) electrons. The summed E-state index contributed by atoms with van der Waals surface area (Å²) < 4.78 is 69.3. The molecule has 0 bridgehead atoms. The molecule has 1 aromatic heterocycles. The predicted molar refractivity (Wildman–Crippen MR) is 99.0 cm³/mol. The SMILES string of the molecule is O=[N+]([O-])c1ccc(-n2nc3ccc4c(S(=O)(=O)[O-])cc(S(=O)(=O)[O-])cc4c3n2)cc1.[Na+].[Na+]. The molecule has 0 amide bonds. The van der Waals surface area contributed by atoms with Crippen LogP contribution in [0.1, 0.15) is 0 Å². The summed E-state index contributed by atoms with van der Waals surface area (Å²) in [5.41, 5.74) is 0.405. The maximum absolute atomic E-state index is 11.6. The second-order valence-corrected chi connectivity index (χ2v) is 8.85. The molecule has 0 aliphatic heterocycles.